The van der Waals surface area contributed by atoms with Crippen LogP contribution in [-0.2, 0) is 16.0 Å². The Kier molecular flexibility index (Phi) is 7.43. The number of nitrogens with two attached hydrogens (primary N) is 1. The number of hydrogen-bond acceptors (Lipinski definition) is 9. The predicted octanol–water partition coefficient (Wildman–Crippen LogP) is 4.18. The first-order chi connectivity index (χ1) is 16.5. The van der Waals surface area contributed by atoms with Gasteiger partial charge in [-0.1, -0.05) is 53.4 Å². The molecule has 0 fully saturated rings. The minimum atomic E-state index is -0.642. The van der Waals surface area contributed by atoms with Crippen LogP contribution in [0.4, 0.5) is 11.1 Å². The topological polar surface area (TPSA) is 125 Å². The van der Waals surface area contributed by atoms with Crippen LogP contribution in [0.5, 0.6) is 0 Å². The molecule has 11 heteroatoms. The molecule has 1 amide bonds. The SMILES string of the molecule is CCOC(=O)c1ccc2nc(NC(=O)C(C)n3c(N)nnc3SCCc3ccccc3)sc2c1. The maximum Gasteiger partial charge on any atom is 0.338 e. The summed E-state index contributed by atoms with van der Waals surface area (Å²) in [5.74, 6) is 0.267. The molecule has 0 bridgehead atoms. The molecule has 1 atom stereocenters. The number of rotatable bonds is 9. The number of anilines is 2. The molecule has 0 spiro atoms. The number of fused-ring (bicyclic) bond motifs is 1. The van der Waals surface area contributed by atoms with Crippen LogP contribution in [-0.4, -0.2) is 44.0 Å². The van der Waals surface area contributed by atoms with Crippen molar-refractivity contribution in [2.45, 2.75) is 31.5 Å². The number of benzene rings is 2. The van der Waals surface area contributed by atoms with Crippen LogP contribution in [0.2, 0.25) is 0 Å². The van der Waals surface area contributed by atoms with E-state index in [1.54, 1.807) is 36.6 Å². The van der Waals surface area contributed by atoms with E-state index in [1.807, 2.05) is 18.2 Å². The lowest BCUT2D eigenvalue weighted by Crippen LogP contribution is -2.25. The van der Waals surface area contributed by atoms with Crippen molar-refractivity contribution in [1.82, 2.24) is 19.7 Å². The highest BCUT2D eigenvalue weighted by Crippen LogP contribution is 2.29. The average Bonchev–Trinajstić information content (AvgIpc) is 3.41. The summed E-state index contributed by atoms with van der Waals surface area (Å²) in [6, 6.07) is 14.6. The van der Waals surface area contributed by atoms with E-state index in [0.29, 0.717) is 28.0 Å². The maximum absolute atomic E-state index is 13.0. The Bertz CT molecular complexity index is 1300. The smallest absolute Gasteiger partial charge is 0.338 e. The van der Waals surface area contributed by atoms with Gasteiger partial charge in [0.2, 0.25) is 11.9 Å². The molecule has 0 aliphatic carbocycles. The Morgan fingerprint density at radius 2 is 2.00 bits per heavy atom. The molecule has 0 aliphatic heterocycles. The van der Waals surface area contributed by atoms with Crippen molar-refractivity contribution in [3.05, 3.63) is 59.7 Å². The number of nitrogens with one attached hydrogen (secondary N) is 1. The van der Waals surface area contributed by atoms with Crippen molar-refractivity contribution in [2.75, 3.05) is 23.4 Å². The zero-order chi connectivity index (χ0) is 24.1. The van der Waals surface area contributed by atoms with E-state index in [4.69, 9.17) is 10.5 Å². The summed E-state index contributed by atoms with van der Waals surface area (Å²) in [6.07, 6.45) is 0.859. The molecule has 0 aliphatic rings. The van der Waals surface area contributed by atoms with Gasteiger partial charge < -0.3 is 15.8 Å². The number of carbonyl (C=O) groups is 2. The lowest BCUT2D eigenvalue weighted by molar-refractivity contribution is -0.118. The summed E-state index contributed by atoms with van der Waals surface area (Å²) in [6.45, 7) is 3.80. The highest BCUT2D eigenvalue weighted by atomic mass is 32.2. The minimum Gasteiger partial charge on any atom is -0.462 e. The second-order valence-electron chi connectivity index (χ2n) is 7.38. The molecule has 34 heavy (non-hydrogen) atoms. The van der Waals surface area contributed by atoms with E-state index in [-0.39, 0.29) is 11.9 Å². The minimum absolute atomic E-state index is 0.174. The summed E-state index contributed by atoms with van der Waals surface area (Å²) in [5, 5.41) is 12.0. The first-order valence-corrected chi connectivity index (χ1v) is 12.5. The van der Waals surface area contributed by atoms with Crippen molar-refractivity contribution < 1.29 is 14.3 Å². The van der Waals surface area contributed by atoms with Crippen LogP contribution >= 0.6 is 23.1 Å². The fourth-order valence-electron chi connectivity index (χ4n) is 3.30. The predicted molar refractivity (Wildman–Crippen MR) is 134 cm³/mol. The normalized spacial score (nSPS) is 11.9. The van der Waals surface area contributed by atoms with E-state index in [2.05, 4.69) is 32.6 Å². The van der Waals surface area contributed by atoms with Crippen molar-refractivity contribution in [3.8, 4) is 0 Å². The zero-order valence-electron chi connectivity index (χ0n) is 18.7. The molecule has 0 saturated carbocycles. The molecule has 2 aromatic carbocycles. The van der Waals surface area contributed by atoms with E-state index in [9.17, 15) is 9.59 Å². The number of nitrogens with zero attached hydrogens (tertiary/aromatic N) is 4. The van der Waals surface area contributed by atoms with Gasteiger partial charge in [0.25, 0.3) is 0 Å². The average molecular weight is 497 g/mol. The quantitative estimate of drug-likeness (QED) is 0.261. The first-order valence-electron chi connectivity index (χ1n) is 10.7. The Morgan fingerprint density at radius 3 is 2.76 bits per heavy atom. The maximum atomic E-state index is 13.0. The van der Waals surface area contributed by atoms with Gasteiger partial charge in [0.05, 0.1) is 22.4 Å². The van der Waals surface area contributed by atoms with Gasteiger partial charge in [-0.3, -0.25) is 9.36 Å². The zero-order valence-corrected chi connectivity index (χ0v) is 20.4. The third kappa shape index (κ3) is 5.37. The standard InChI is InChI=1S/C23H24N6O3S2/c1-3-32-20(31)16-9-10-17-18(13-16)34-22(25-17)26-19(30)14(2)29-21(24)27-28-23(29)33-12-11-15-7-5-4-6-8-15/h4-10,13-14H,3,11-12H2,1-2H3,(H2,24,27)(H,25,26,30). The fourth-order valence-corrected chi connectivity index (χ4v) is 5.22. The van der Waals surface area contributed by atoms with Crippen LogP contribution in [0.3, 0.4) is 0 Å². The number of thiazole rings is 1. The van der Waals surface area contributed by atoms with Gasteiger partial charge >= 0.3 is 5.97 Å². The molecule has 176 valence electrons. The number of hydrogen-bond donors (Lipinski definition) is 2. The second-order valence-corrected chi connectivity index (χ2v) is 9.47. The Morgan fingerprint density at radius 1 is 1.21 bits per heavy atom. The summed E-state index contributed by atoms with van der Waals surface area (Å²) in [4.78, 5) is 29.4. The molecule has 4 aromatic rings. The second kappa shape index (κ2) is 10.7. The highest BCUT2D eigenvalue weighted by Gasteiger charge is 2.23. The van der Waals surface area contributed by atoms with Gasteiger partial charge in [0.1, 0.15) is 6.04 Å². The summed E-state index contributed by atoms with van der Waals surface area (Å²) in [7, 11) is 0. The molecule has 9 nitrogen and oxygen atoms in total. The fraction of sp³-hybridized carbons (Fsp3) is 0.261. The summed E-state index contributed by atoms with van der Waals surface area (Å²) < 4.78 is 7.44. The molecule has 2 aromatic heterocycles. The van der Waals surface area contributed by atoms with E-state index in [0.717, 1.165) is 16.9 Å². The number of esters is 1. The molecule has 1 unspecified atom stereocenters. The summed E-state index contributed by atoms with van der Waals surface area (Å²) in [5.41, 5.74) is 8.38. The van der Waals surface area contributed by atoms with Crippen molar-refractivity contribution in [2.24, 2.45) is 0 Å². The number of carbonyl (C=O) groups excluding carboxylic acids is 2. The van der Waals surface area contributed by atoms with Crippen LogP contribution in [0.1, 0.15) is 35.8 Å². The van der Waals surface area contributed by atoms with Crippen LogP contribution in [0, 0.1) is 0 Å². The Hall–Kier alpha value is -3.44. The molecular weight excluding hydrogens is 472 g/mol. The van der Waals surface area contributed by atoms with Gasteiger partial charge in [0, 0.05) is 5.75 Å². The van der Waals surface area contributed by atoms with Crippen LogP contribution in [0.15, 0.2) is 53.7 Å². The molecule has 0 radical (unpaired) electrons. The number of thioether (sulfide) groups is 1. The number of aromatic nitrogens is 4. The van der Waals surface area contributed by atoms with E-state index in [1.165, 1.54) is 28.7 Å². The first kappa shape index (κ1) is 23.7. The van der Waals surface area contributed by atoms with Gasteiger partial charge in [0.15, 0.2) is 10.3 Å². The van der Waals surface area contributed by atoms with Crippen molar-refractivity contribution >= 4 is 56.3 Å². The third-order valence-electron chi connectivity index (χ3n) is 5.05. The number of ether oxygens (including phenoxy) is 1. The Balaban J connectivity index is 1.44. The van der Waals surface area contributed by atoms with E-state index < -0.39 is 12.0 Å². The third-order valence-corrected chi connectivity index (χ3v) is 6.93. The molecular formula is C23H24N6O3S2. The lowest BCUT2D eigenvalue weighted by atomic mass is 10.2. The largest absolute Gasteiger partial charge is 0.462 e. The molecule has 0 saturated heterocycles. The van der Waals surface area contributed by atoms with Crippen LogP contribution in [0.25, 0.3) is 10.2 Å². The van der Waals surface area contributed by atoms with Gasteiger partial charge in [-0.05, 0) is 44.0 Å². The number of nitrogen functional groups attached to an aromatic ring is 1. The van der Waals surface area contributed by atoms with Crippen molar-refractivity contribution in [3.63, 3.8) is 0 Å². The van der Waals surface area contributed by atoms with Crippen LogP contribution < -0.4 is 11.1 Å². The number of aryl methyl sites for hydroxylation is 1. The summed E-state index contributed by atoms with van der Waals surface area (Å²) >= 11 is 2.78. The lowest BCUT2D eigenvalue weighted by Gasteiger charge is -2.15. The highest BCUT2D eigenvalue weighted by molar-refractivity contribution is 7.99. The Labute approximate surface area is 204 Å². The van der Waals surface area contributed by atoms with E-state index >= 15 is 0 Å². The van der Waals surface area contributed by atoms with Crippen molar-refractivity contribution in [1.29, 1.82) is 0 Å². The molecule has 2 heterocycles. The molecule has 3 N–H and O–H groups in total. The van der Waals surface area contributed by atoms with Gasteiger partial charge in [-0.15, -0.1) is 10.2 Å². The van der Waals surface area contributed by atoms with Gasteiger partial charge in [-0.25, -0.2) is 9.78 Å². The van der Waals surface area contributed by atoms with Gasteiger partial charge in [-0.2, -0.15) is 0 Å². The number of amides is 1. The monoisotopic (exact) mass is 496 g/mol. The molecule has 4 rings (SSSR count).